The average Bonchev–Trinajstić information content (AvgIpc) is 2.49. The number of ether oxygens (including phenoxy) is 1. The number of carbonyl (C=O) groups is 1. The molecule has 72 valence electrons. The first-order valence-corrected chi connectivity index (χ1v) is 5.10. The number of hydrogen-bond acceptors (Lipinski definition) is 2. The van der Waals surface area contributed by atoms with Crippen LogP contribution in [0.1, 0.15) is 19.3 Å². The maximum Gasteiger partial charge on any atom is 0.312 e. The van der Waals surface area contributed by atoms with Gasteiger partial charge in [-0.25, -0.2) is 0 Å². The fraction of sp³-hybridized carbons (Fsp3) is 0.667. The summed E-state index contributed by atoms with van der Waals surface area (Å²) in [6.07, 6.45) is 6.25. The van der Waals surface area contributed by atoms with Gasteiger partial charge < -0.3 is 4.74 Å². The zero-order chi connectivity index (χ0) is 9.47. The van der Waals surface area contributed by atoms with Gasteiger partial charge in [0.25, 0.3) is 0 Å². The molecule has 0 aliphatic heterocycles. The number of halogens is 2. The molecule has 0 N–H and O–H groups in total. The Balaban J connectivity index is 1.83. The normalized spacial score (nSPS) is 34.6. The second kappa shape index (κ2) is 3.18. The summed E-state index contributed by atoms with van der Waals surface area (Å²) in [5.41, 5.74) is 0. The predicted octanol–water partition coefficient (Wildman–Crippen LogP) is 2.44. The molecule has 2 unspecified atom stereocenters. The van der Waals surface area contributed by atoms with Crippen LogP contribution in [0, 0.1) is 5.92 Å². The largest absolute Gasteiger partial charge is 0.458 e. The van der Waals surface area contributed by atoms with E-state index in [1.165, 1.54) is 0 Å². The van der Waals surface area contributed by atoms with E-state index in [1.807, 2.05) is 12.2 Å². The highest BCUT2D eigenvalue weighted by atomic mass is 35.5. The van der Waals surface area contributed by atoms with Crippen LogP contribution in [-0.4, -0.2) is 16.4 Å². The van der Waals surface area contributed by atoms with Crippen molar-refractivity contribution in [2.75, 3.05) is 0 Å². The van der Waals surface area contributed by atoms with Gasteiger partial charge in [-0.05, 0) is 25.3 Å². The Morgan fingerprint density at radius 2 is 2.23 bits per heavy atom. The molecule has 0 spiro atoms. The van der Waals surface area contributed by atoms with Crippen LogP contribution in [0.3, 0.4) is 0 Å². The molecule has 2 nitrogen and oxygen atoms in total. The van der Waals surface area contributed by atoms with Crippen molar-refractivity contribution in [3.8, 4) is 0 Å². The van der Waals surface area contributed by atoms with Crippen LogP contribution >= 0.6 is 23.2 Å². The minimum absolute atomic E-state index is 0.0581. The van der Waals surface area contributed by atoms with Crippen molar-refractivity contribution in [2.24, 2.45) is 5.92 Å². The van der Waals surface area contributed by atoms with Crippen molar-refractivity contribution in [1.82, 2.24) is 0 Å². The first kappa shape index (κ1) is 9.35. The Kier molecular flexibility index (Phi) is 2.28. The number of allylic oxidation sites excluding steroid dienone is 1. The Morgan fingerprint density at radius 3 is 2.69 bits per heavy atom. The van der Waals surface area contributed by atoms with Crippen LogP contribution in [0.25, 0.3) is 0 Å². The molecule has 0 radical (unpaired) electrons. The number of carbonyl (C=O) groups excluding carboxylic acids is 1. The van der Waals surface area contributed by atoms with Crippen molar-refractivity contribution in [3.63, 3.8) is 0 Å². The van der Waals surface area contributed by atoms with E-state index in [9.17, 15) is 4.79 Å². The van der Waals surface area contributed by atoms with Crippen LogP contribution in [-0.2, 0) is 9.53 Å². The van der Waals surface area contributed by atoms with Gasteiger partial charge in [0, 0.05) is 0 Å². The maximum atomic E-state index is 11.4. The first-order chi connectivity index (χ1) is 6.09. The first-order valence-electron chi connectivity index (χ1n) is 4.34. The van der Waals surface area contributed by atoms with Crippen LogP contribution in [0.5, 0.6) is 0 Å². The molecule has 0 aromatic carbocycles. The van der Waals surface area contributed by atoms with Gasteiger partial charge in [0.1, 0.15) is 10.4 Å². The molecule has 4 heteroatoms. The lowest BCUT2D eigenvalue weighted by molar-refractivity contribution is -0.148. The molecule has 1 fully saturated rings. The van der Waals surface area contributed by atoms with E-state index >= 15 is 0 Å². The van der Waals surface area contributed by atoms with Crippen molar-refractivity contribution in [3.05, 3.63) is 12.2 Å². The molecule has 2 rings (SSSR count). The highest BCUT2D eigenvalue weighted by Gasteiger charge is 2.57. The van der Waals surface area contributed by atoms with E-state index in [0.29, 0.717) is 6.42 Å². The summed E-state index contributed by atoms with van der Waals surface area (Å²) in [6.45, 7) is 0. The summed E-state index contributed by atoms with van der Waals surface area (Å²) >= 11 is 11.5. The second-order valence-corrected chi connectivity index (χ2v) is 5.04. The van der Waals surface area contributed by atoms with E-state index < -0.39 is 4.33 Å². The number of alkyl halides is 2. The highest BCUT2D eigenvalue weighted by Crippen LogP contribution is 2.53. The van der Waals surface area contributed by atoms with Gasteiger partial charge in [-0.3, -0.25) is 4.79 Å². The lowest BCUT2D eigenvalue weighted by Gasteiger charge is -2.09. The smallest absolute Gasteiger partial charge is 0.312 e. The van der Waals surface area contributed by atoms with Gasteiger partial charge >= 0.3 is 5.97 Å². The molecule has 2 atom stereocenters. The van der Waals surface area contributed by atoms with Gasteiger partial charge in [0.05, 0.1) is 5.92 Å². The van der Waals surface area contributed by atoms with E-state index in [2.05, 4.69) is 0 Å². The topological polar surface area (TPSA) is 26.3 Å². The Morgan fingerprint density at radius 1 is 1.54 bits per heavy atom. The highest BCUT2D eigenvalue weighted by molar-refractivity contribution is 6.52. The van der Waals surface area contributed by atoms with Crippen molar-refractivity contribution in [1.29, 1.82) is 0 Å². The van der Waals surface area contributed by atoms with Crippen LogP contribution in [0.4, 0.5) is 0 Å². The zero-order valence-corrected chi connectivity index (χ0v) is 8.52. The van der Waals surface area contributed by atoms with E-state index in [0.717, 1.165) is 12.8 Å². The quantitative estimate of drug-likeness (QED) is 0.406. The standard InChI is InChI=1S/C9H10Cl2O2/c10-9(11)5-7(9)8(12)13-6-3-1-2-4-6/h1,3,6-7H,2,4-5H2. The molecule has 0 heterocycles. The van der Waals surface area contributed by atoms with E-state index in [4.69, 9.17) is 27.9 Å². The van der Waals surface area contributed by atoms with Crippen LogP contribution in [0.2, 0.25) is 0 Å². The third kappa shape index (κ3) is 2.00. The number of esters is 1. The monoisotopic (exact) mass is 220 g/mol. The summed E-state index contributed by atoms with van der Waals surface area (Å²) < 4.78 is 4.31. The van der Waals surface area contributed by atoms with E-state index in [-0.39, 0.29) is 18.0 Å². The molecule has 0 aromatic heterocycles. The van der Waals surface area contributed by atoms with Gasteiger partial charge in [0.2, 0.25) is 0 Å². The minimum Gasteiger partial charge on any atom is -0.458 e. The third-order valence-electron chi connectivity index (χ3n) is 2.35. The number of rotatable bonds is 2. The second-order valence-electron chi connectivity index (χ2n) is 3.50. The fourth-order valence-electron chi connectivity index (χ4n) is 1.40. The van der Waals surface area contributed by atoms with Gasteiger partial charge in [-0.1, -0.05) is 6.08 Å². The Labute approximate surface area is 86.8 Å². The molecule has 13 heavy (non-hydrogen) atoms. The average molecular weight is 221 g/mol. The Bertz CT molecular complexity index is 260. The summed E-state index contributed by atoms with van der Waals surface area (Å²) in [6, 6.07) is 0. The number of hydrogen-bond donors (Lipinski definition) is 0. The fourth-order valence-corrected chi connectivity index (χ4v) is 1.89. The SMILES string of the molecule is O=C(OC1C=CCC1)C1CC1(Cl)Cl. The summed E-state index contributed by atoms with van der Waals surface area (Å²) in [5, 5.41) is 0. The van der Waals surface area contributed by atoms with Crippen molar-refractivity contribution < 1.29 is 9.53 Å². The lowest BCUT2D eigenvalue weighted by Crippen LogP contribution is -2.17. The molecule has 1 saturated carbocycles. The van der Waals surface area contributed by atoms with Gasteiger partial charge in [0.15, 0.2) is 0 Å². The molecule has 2 aliphatic carbocycles. The summed E-state index contributed by atoms with van der Waals surface area (Å²) in [4.78, 5) is 11.4. The predicted molar refractivity (Wildman–Crippen MR) is 50.8 cm³/mol. The molecule has 0 saturated heterocycles. The molecular weight excluding hydrogens is 211 g/mol. The van der Waals surface area contributed by atoms with Crippen LogP contribution < -0.4 is 0 Å². The summed E-state index contributed by atoms with van der Waals surface area (Å²) in [5.74, 6) is -0.577. The molecule has 2 aliphatic rings. The maximum absolute atomic E-state index is 11.4. The minimum atomic E-state index is -0.862. The lowest BCUT2D eigenvalue weighted by atomic mass is 10.3. The van der Waals surface area contributed by atoms with Crippen molar-refractivity contribution in [2.45, 2.75) is 29.7 Å². The third-order valence-corrected chi connectivity index (χ3v) is 3.18. The van der Waals surface area contributed by atoms with Crippen LogP contribution in [0.15, 0.2) is 12.2 Å². The van der Waals surface area contributed by atoms with Gasteiger partial charge in [-0.15, -0.1) is 23.2 Å². The zero-order valence-electron chi connectivity index (χ0n) is 7.00. The molecule has 0 bridgehead atoms. The molecular formula is C9H10Cl2O2. The van der Waals surface area contributed by atoms with E-state index in [1.54, 1.807) is 0 Å². The van der Waals surface area contributed by atoms with Gasteiger partial charge in [-0.2, -0.15) is 0 Å². The summed E-state index contributed by atoms with van der Waals surface area (Å²) in [7, 11) is 0. The molecule has 0 aromatic rings. The van der Waals surface area contributed by atoms with Crippen molar-refractivity contribution >= 4 is 29.2 Å². The Hall–Kier alpha value is -0.210. The molecule has 0 amide bonds.